The van der Waals surface area contributed by atoms with Gasteiger partial charge >= 0.3 is 0 Å². The normalized spacial score (nSPS) is 17.1. The topological polar surface area (TPSA) is 38.3 Å². The predicted molar refractivity (Wildman–Crippen MR) is 76.6 cm³/mol. The van der Waals surface area contributed by atoms with E-state index < -0.39 is 0 Å². The number of carbonyl (C=O) groups excluding carboxylic acids is 1. The first-order chi connectivity index (χ1) is 9.24. The molecule has 2 rings (SSSR count). The second kappa shape index (κ2) is 6.53. The number of benzene rings is 1. The number of hydrogen-bond acceptors (Lipinski definition) is 2. The average Bonchev–Trinajstić information content (AvgIpc) is 2.40. The van der Waals surface area contributed by atoms with Crippen molar-refractivity contribution >= 4 is 12.0 Å². The fourth-order valence-corrected chi connectivity index (χ4v) is 2.42. The van der Waals surface area contributed by atoms with E-state index in [4.69, 9.17) is 4.74 Å². The maximum Gasteiger partial charge on any atom is 0.244 e. The third-order valence-corrected chi connectivity index (χ3v) is 3.73. The van der Waals surface area contributed by atoms with Gasteiger partial charge in [0.15, 0.2) is 0 Å². The Balaban J connectivity index is 1.80. The highest BCUT2D eigenvalue weighted by Crippen LogP contribution is 2.40. The van der Waals surface area contributed by atoms with Crippen molar-refractivity contribution in [1.29, 1.82) is 0 Å². The molecule has 1 saturated carbocycles. The van der Waals surface area contributed by atoms with E-state index in [2.05, 4.69) is 5.32 Å². The number of hydrogen-bond donors (Lipinski definition) is 1. The molecule has 0 radical (unpaired) electrons. The number of ether oxygens (including phenoxy) is 1. The molecule has 1 amide bonds. The summed E-state index contributed by atoms with van der Waals surface area (Å²) in [7, 11) is 1.72. The zero-order chi connectivity index (χ0) is 13.6. The van der Waals surface area contributed by atoms with E-state index in [1.54, 1.807) is 13.2 Å². The van der Waals surface area contributed by atoms with Gasteiger partial charge in [0.05, 0.1) is 6.61 Å². The molecule has 1 N–H and O–H groups in total. The monoisotopic (exact) mass is 259 g/mol. The lowest BCUT2D eigenvalue weighted by atomic mass is 9.69. The Morgan fingerprint density at radius 1 is 1.37 bits per heavy atom. The Labute approximate surface area is 114 Å². The SMILES string of the molecule is COCC1(CNC(=O)C=Cc2ccccc2)CCC1. The zero-order valence-electron chi connectivity index (χ0n) is 11.4. The van der Waals surface area contributed by atoms with E-state index in [0.29, 0.717) is 6.54 Å². The van der Waals surface area contributed by atoms with Crippen LogP contribution in [0.3, 0.4) is 0 Å². The van der Waals surface area contributed by atoms with Crippen molar-refractivity contribution in [3.8, 4) is 0 Å². The van der Waals surface area contributed by atoms with Gasteiger partial charge in [0.2, 0.25) is 5.91 Å². The Kier molecular flexibility index (Phi) is 4.74. The molecule has 1 aromatic carbocycles. The predicted octanol–water partition coefficient (Wildman–Crippen LogP) is 2.63. The first kappa shape index (κ1) is 13.8. The molecular weight excluding hydrogens is 238 g/mol. The quantitative estimate of drug-likeness (QED) is 0.798. The molecule has 0 aromatic heterocycles. The van der Waals surface area contributed by atoms with E-state index in [1.165, 1.54) is 6.42 Å². The van der Waals surface area contributed by atoms with Crippen LogP contribution >= 0.6 is 0 Å². The standard InChI is InChI=1S/C16H21NO2/c1-19-13-16(10-5-11-16)12-17-15(18)9-8-14-6-3-2-4-7-14/h2-4,6-9H,5,10-13H2,1H3,(H,17,18). The Morgan fingerprint density at radius 3 is 2.68 bits per heavy atom. The summed E-state index contributed by atoms with van der Waals surface area (Å²) in [6.07, 6.45) is 6.94. The molecule has 0 unspecified atom stereocenters. The summed E-state index contributed by atoms with van der Waals surface area (Å²) in [5.41, 5.74) is 1.21. The van der Waals surface area contributed by atoms with Crippen LogP contribution in [0.15, 0.2) is 36.4 Å². The molecule has 3 heteroatoms. The van der Waals surface area contributed by atoms with Crippen molar-refractivity contribution in [3.05, 3.63) is 42.0 Å². The molecule has 19 heavy (non-hydrogen) atoms. The van der Waals surface area contributed by atoms with E-state index in [0.717, 1.165) is 25.0 Å². The van der Waals surface area contributed by atoms with Crippen molar-refractivity contribution in [2.45, 2.75) is 19.3 Å². The Hall–Kier alpha value is -1.61. The summed E-state index contributed by atoms with van der Waals surface area (Å²) in [6, 6.07) is 9.83. The van der Waals surface area contributed by atoms with Gasteiger partial charge in [-0.2, -0.15) is 0 Å². The number of carbonyl (C=O) groups is 1. The van der Waals surface area contributed by atoms with Crippen LogP contribution in [0.5, 0.6) is 0 Å². The molecule has 0 bridgehead atoms. The minimum absolute atomic E-state index is 0.0359. The number of amides is 1. The van der Waals surface area contributed by atoms with E-state index >= 15 is 0 Å². The summed E-state index contributed by atoms with van der Waals surface area (Å²) in [5.74, 6) is -0.0359. The van der Waals surface area contributed by atoms with Crippen LogP contribution in [0.4, 0.5) is 0 Å². The maximum atomic E-state index is 11.8. The second-order valence-corrected chi connectivity index (χ2v) is 5.25. The third-order valence-electron chi connectivity index (χ3n) is 3.73. The van der Waals surface area contributed by atoms with Gasteiger partial charge in [-0.15, -0.1) is 0 Å². The van der Waals surface area contributed by atoms with Crippen LogP contribution in [0.25, 0.3) is 6.08 Å². The summed E-state index contributed by atoms with van der Waals surface area (Å²) < 4.78 is 5.24. The molecule has 0 aliphatic heterocycles. The summed E-state index contributed by atoms with van der Waals surface area (Å²) in [5, 5.41) is 2.97. The molecule has 0 atom stereocenters. The molecule has 1 fully saturated rings. The van der Waals surface area contributed by atoms with Crippen LogP contribution in [-0.2, 0) is 9.53 Å². The number of rotatable bonds is 6. The van der Waals surface area contributed by atoms with Crippen LogP contribution in [0, 0.1) is 5.41 Å². The van der Waals surface area contributed by atoms with Crippen molar-refractivity contribution in [1.82, 2.24) is 5.32 Å². The van der Waals surface area contributed by atoms with Gasteiger partial charge in [0.25, 0.3) is 0 Å². The van der Waals surface area contributed by atoms with E-state index in [9.17, 15) is 4.79 Å². The summed E-state index contributed by atoms with van der Waals surface area (Å²) >= 11 is 0. The van der Waals surface area contributed by atoms with Crippen LogP contribution < -0.4 is 5.32 Å². The lowest BCUT2D eigenvalue weighted by Crippen LogP contribution is -2.44. The van der Waals surface area contributed by atoms with Crippen molar-refractivity contribution < 1.29 is 9.53 Å². The Morgan fingerprint density at radius 2 is 2.11 bits per heavy atom. The highest BCUT2D eigenvalue weighted by Gasteiger charge is 2.36. The zero-order valence-corrected chi connectivity index (χ0v) is 11.4. The molecule has 102 valence electrons. The van der Waals surface area contributed by atoms with Crippen LogP contribution in [-0.4, -0.2) is 26.2 Å². The molecular formula is C16H21NO2. The lowest BCUT2D eigenvalue weighted by Gasteiger charge is -2.41. The smallest absolute Gasteiger partial charge is 0.244 e. The highest BCUT2D eigenvalue weighted by molar-refractivity contribution is 5.91. The third kappa shape index (κ3) is 3.93. The fourth-order valence-electron chi connectivity index (χ4n) is 2.42. The first-order valence-corrected chi connectivity index (χ1v) is 6.74. The van der Waals surface area contributed by atoms with Gasteiger partial charge in [0, 0.05) is 25.1 Å². The molecule has 0 saturated heterocycles. The molecule has 3 nitrogen and oxygen atoms in total. The minimum Gasteiger partial charge on any atom is -0.384 e. The molecule has 1 aliphatic carbocycles. The minimum atomic E-state index is -0.0359. The van der Waals surface area contributed by atoms with Gasteiger partial charge < -0.3 is 10.1 Å². The van der Waals surface area contributed by atoms with Crippen LogP contribution in [0.1, 0.15) is 24.8 Å². The van der Waals surface area contributed by atoms with Gasteiger partial charge in [-0.1, -0.05) is 36.8 Å². The first-order valence-electron chi connectivity index (χ1n) is 6.74. The summed E-state index contributed by atoms with van der Waals surface area (Å²) in [4.78, 5) is 11.8. The van der Waals surface area contributed by atoms with Gasteiger partial charge in [-0.25, -0.2) is 0 Å². The number of methoxy groups -OCH3 is 1. The van der Waals surface area contributed by atoms with E-state index in [-0.39, 0.29) is 11.3 Å². The average molecular weight is 259 g/mol. The van der Waals surface area contributed by atoms with Crippen molar-refractivity contribution in [2.75, 3.05) is 20.3 Å². The summed E-state index contributed by atoms with van der Waals surface area (Å²) in [6.45, 7) is 1.44. The number of nitrogens with one attached hydrogen (secondary N) is 1. The molecule has 0 spiro atoms. The van der Waals surface area contributed by atoms with E-state index in [1.807, 2.05) is 36.4 Å². The second-order valence-electron chi connectivity index (χ2n) is 5.25. The van der Waals surface area contributed by atoms with Crippen molar-refractivity contribution in [3.63, 3.8) is 0 Å². The van der Waals surface area contributed by atoms with Gasteiger partial charge in [0.1, 0.15) is 0 Å². The molecule has 1 aromatic rings. The molecule has 1 aliphatic rings. The van der Waals surface area contributed by atoms with Gasteiger partial charge in [-0.3, -0.25) is 4.79 Å². The maximum absolute atomic E-state index is 11.8. The highest BCUT2D eigenvalue weighted by atomic mass is 16.5. The lowest BCUT2D eigenvalue weighted by molar-refractivity contribution is -0.117. The molecule has 0 heterocycles. The van der Waals surface area contributed by atoms with Gasteiger partial charge in [-0.05, 0) is 24.5 Å². The van der Waals surface area contributed by atoms with Crippen LogP contribution in [0.2, 0.25) is 0 Å². The Bertz CT molecular complexity index is 435. The largest absolute Gasteiger partial charge is 0.384 e. The fraction of sp³-hybridized carbons (Fsp3) is 0.438. The van der Waals surface area contributed by atoms with Crippen molar-refractivity contribution in [2.24, 2.45) is 5.41 Å².